The van der Waals surface area contributed by atoms with Crippen LogP contribution in [-0.4, -0.2) is 0 Å². The van der Waals surface area contributed by atoms with Gasteiger partial charge in [-0.2, -0.15) is 0 Å². The first-order valence-corrected chi connectivity index (χ1v) is 16.0. The summed E-state index contributed by atoms with van der Waals surface area (Å²) in [6, 6.07) is 58.5. The maximum Gasteiger partial charge on any atom is 0.0720 e. The molecule has 0 amide bonds. The monoisotopic (exact) mass is 572 g/mol. The van der Waals surface area contributed by atoms with E-state index in [1.54, 1.807) is 0 Å². The Balaban J connectivity index is 1.47. The van der Waals surface area contributed by atoms with Gasteiger partial charge in [-0.3, -0.25) is 0 Å². The van der Waals surface area contributed by atoms with Gasteiger partial charge in [0, 0.05) is 0 Å². The van der Waals surface area contributed by atoms with E-state index in [0.29, 0.717) is 0 Å². The second kappa shape index (κ2) is 10.3. The molecule has 7 aromatic carbocycles. The molecule has 0 atom stereocenters. The molecule has 0 aliphatic heterocycles. The van der Waals surface area contributed by atoms with Crippen LogP contribution in [0.3, 0.4) is 0 Å². The highest BCUT2D eigenvalue weighted by Gasteiger charge is 2.48. The number of hydrogen-bond donors (Lipinski definition) is 0. The van der Waals surface area contributed by atoms with Crippen LogP contribution in [0.1, 0.15) is 39.8 Å². The minimum atomic E-state index is -0.481. The third-order valence-corrected chi connectivity index (χ3v) is 10.00. The van der Waals surface area contributed by atoms with E-state index in [-0.39, 0.29) is 0 Å². The Morgan fingerprint density at radius 2 is 1.02 bits per heavy atom. The number of allylic oxidation sites excluding steroid dienone is 1. The Kier molecular flexibility index (Phi) is 5.96. The van der Waals surface area contributed by atoms with Gasteiger partial charge >= 0.3 is 0 Å². The second-order valence-electron chi connectivity index (χ2n) is 12.3. The SMILES string of the molecule is C1=Cc2c3c(c4ccc(-c5ccccc5)cc4c2CC1)C(c1ccccc1)(c1ccccc1)c1cc(-c2ccccc2)ccc1-3. The highest BCUT2D eigenvalue weighted by atomic mass is 14.5. The molecule has 212 valence electrons. The molecular weight excluding hydrogens is 540 g/mol. The van der Waals surface area contributed by atoms with Gasteiger partial charge in [-0.05, 0) is 103 Å². The Hall–Kier alpha value is -5.46. The van der Waals surface area contributed by atoms with Crippen LogP contribution in [0.4, 0.5) is 0 Å². The summed E-state index contributed by atoms with van der Waals surface area (Å²) in [7, 11) is 0. The van der Waals surface area contributed by atoms with Crippen LogP contribution in [-0.2, 0) is 11.8 Å². The van der Waals surface area contributed by atoms with Crippen molar-refractivity contribution in [3.63, 3.8) is 0 Å². The molecule has 0 unspecified atom stereocenters. The largest absolute Gasteiger partial charge is 0.0836 e. The summed E-state index contributed by atoms with van der Waals surface area (Å²) in [5.41, 5.74) is 15.5. The van der Waals surface area contributed by atoms with Crippen molar-refractivity contribution in [2.45, 2.75) is 18.3 Å². The van der Waals surface area contributed by atoms with Gasteiger partial charge in [-0.15, -0.1) is 0 Å². The lowest BCUT2D eigenvalue weighted by Gasteiger charge is -2.35. The summed E-state index contributed by atoms with van der Waals surface area (Å²) in [6.45, 7) is 0. The topological polar surface area (TPSA) is 0 Å². The molecule has 0 fully saturated rings. The minimum absolute atomic E-state index is 0.481. The second-order valence-corrected chi connectivity index (χ2v) is 12.3. The van der Waals surface area contributed by atoms with Gasteiger partial charge in [0.2, 0.25) is 0 Å². The molecule has 9 rings (SSSR count). The summed E-state index contributed by atoms with van der Waals surface area (Å²) in [5.74, 6) is 0. The highest BCUT2D eigenvalue weighted by molar-refractivity contribution is 6.07. The van der Waals surface area contributed by atoms with Crippen molar-refractivity contribution >= 4 is 16.8 Å². The molecule has 0 nitrogen and oxygen atoms in total. The lowest BCUT2D eigenvalue weighted by Crippen LogP contribution is -2.29. The van der Waals surface area contributed by atoms with Crippen LogP contribution in [0.25, 0.3) is 50.2 Å². The predicted molar refractivity (Wildman–Crippen MR) is 189 cm³/mol. The van der Waals surface area contributed by atoms with E-state index in [2.05, 4.69) is 170 Å². The number of hydrogen-bond acceptors (Lipinski definition) is 0. The highest BCUT2D eigenvalue weighted by Crippen LogP contribution is 2.61. The predicted octanol–water partition coefficient (Wildman–Crippen LogP) is 11.5. The van der Waals surface area contributed by atoms with Crippen molar-refractivity contribution in [3.05, 3.63) is 197 Å². The molecule has 0 bridgehead atoms. The summed E-state index contributed by atoms with van der Waals surface area (Å²) in [6.07, 6.45) is 6.90. The zero-order chi connectivity index (χ0) is 29.8. The van der Waals surface area contributed by atoms with Crippen molar-refractivity contribution in [2.75, 3.05) is 0 Å². The van der Waals surface area contributed by atoms with Gasteiger partial charge in [0.05, 0.1) is 5.41 Å². The van der Waals surface area contributed by atoms with Crippen molar-refractivity contribution in [1.29, 1.82) is 0 Å². The van der Waals surface area contributed by atoms with Crippen molar-refractivity contribution in [1.82, 2.24) is 0 Å². The Labute approximate surface area is 265 Å². The number of aryl methyl sites for hydroxylation is 1. The van der Waals surface area contributed by atoms with Crippen LogP contribution in [0, 0.1) is 0 Å². The first kappa shape index (κ1) is 26.0. The van der Waals surface area contributed by atoms with E-state index >= 15 is 0 Å². The van der Waals surface area contributed by atoms with Crippen LogP contribution >= 0.6 is 0 Å². The van der Waals surface area contributed by atoms with Crippen LogP contribution in [0.2, 0.25) is 0 Å². The molecule has 2 aliphatic rings. The lowest BCUT2D eigenvalue weighted by molar-refractivity contribution is 0.775. The zero-order valence-corrected chi connectivity index (χ0v) is 25.1. The van der Waals surface area contributed by atoms with E-state index in [0.717, 1.165) is 12.8 Å². The molecule has 7 aromatic rings. The standard InChI is InChI=1S/C45H32/c1-5-15-31(16-6-1)33-25-27-39-41(29-33)37-23-13-14-24-38(37)43-40-28-26-34(32-17-7-2-8-18-32)30-42(40)45(44(39)43,35-19-9-3-10-20-35)36-21-11-4-12-22-36/h1-12,14-22,24-30H,13,23H2. The normalized spacial score (nSPS) is 14.1. The van der Waals surface area contributed by atoms with Gasteiger partial charge < -0.3 is 0 Å². The molecule has 0 heteroatoms. The van der Waals surface area contributed by atoms with Gasteiger partial charge in [0.25, 0.3) is 0 Å². The first-order chi connectivity index (χ1) is 22.3. The average molecular weight is 573 g/mol. The Morgan fingerprint density at radius 1 is 0.467 bits per heavy atom. The fraction of sp³-hybridized carbons (Fsp3) is 0.0667. The van der Waals surface area contributed by atoms with Gasteiger partial charge in [0.1, 0.15) is 0 Å². The average Bonchev–Trinajstić information content (AvgIpc) is 3.44. The third-order valence-electron chi connectivity index (χ3n) is 10.00. The van der Waals surface area contributed by atoms with E-state index in [1.165, 1.54) is 77.5 Å². The first-order valence-electron chi connectivity index (χ1n) is 16.0. The maximum atomic E-state index is 2.48. The Bertz CT molecular complexity index is 2180. The third kappa shape index (κ3) is 3.85. The van der Waals surface area contributed by atoms with E-state index in [9.17, 15) is 0 Å². The molecule has 45 heavy (non-hydrogen) atoms. The van der Waals surface area contributed by atoms with Gasteiger partial charge in [-0.1, -0.05) is 158 Å². The summed E-state index contributed by atoms with van der Waals surface area (Å²) in [4.78, 5) is 0. The van der Waals surface area contributed by atoms with Crippen molar-refractivity contribution < 1.29 is 0 Å². The molecular formula is C45H32. The molecule has 0 saturated heterocycles. The molecule has 0 radical (unpaired) electrons. The number of fused-ring (bicyclic) bond motifs is 8. The fourth-order valence-electron chi connectivity index (χ4n) is 8.10. The zero-order valence-electron chi connectivity index (χ0n) is 25.1. The smallest absolute Gasteiger partial charge is 0.0720 e. The minimum Gasteiger partial charge on any atom is -0.0836 e. The van der Waals surface area contributed by atoms with Crippen LogP contribution in [0.15, 0.2) is 164 Å². The fourth-order valence-corrected chi connectivity index (χ4v) is 8.10. The van der Waals surface area contributed by atoms with E-state index in [1.807, 2.05) is 0 Å². The summed E-state index contributed by atoms with van der Waals surface area (Å²) < 4.78 is 0. The van der Waals surface area contributed by atoms with E-state index < -0.39 is 5.41 Å². The summed E-state index contributed by atoms with van der Waals surface area (Å²) >= 11 is 0. The molecule has 0 N–H and O–H groups in total. The van der Waals surface area contributed by atoms with E-state index in [4.69, 9.17) is 0 Å². The van der Waals surface area contributed by atoms with Gasteiger partial charge in [0.15, 0.2) is 0 Å². The van der Waals surface area contributed by atoms with Gasteiger partial charge in [-0.25, -0.2) is 0 Å². The molecule has 0 spiro atoms. The maximum absolute atomic E-state index is 2.48. The molecule has 0 aromatic heterocycles. The number of rotatable bonds is 4. The molecule has 0 saturated carbocycles. The lowest BCUT2D eigenvalue weighted by atomic mass is 9.66. The van der Waals surface area contributed by atoms with Crippen LogP contribution in [0.5, 0.6) is 0 Å². The molecule has 0 heterocycles. The van der Waals surface area contributed by atoms with Crippen molar-refractivity contribution in [3.8, 4) is 33.4 Å². The quantitative estimate of drug-likeness (QED) is 0.197. The van der Waals surface area contributed by atoms with Crippen molar-refractivity contribution in [2.24, 2.45) is 0 Å². The molecule has 2 aliphatic carbocycles. The summed E-state index contributed by atoms with van der Waals surface area (Å²) in [5, 5.41) is 2.73. The van der Waals surface area contributed by atoms with Crippen LogP contribution < -0.4 is 0 Å². The number of benzene rings is 7. The Morgan fingerprint density at radius 3 is 1.64 bits per heavy atom.